The minimum absolute atomic E-state index is 0.129. The second-order valence-corrected chi connectivity index (χ2v) is 7.07. The van der Waals surface area contributed by atoms with Crippen molar-refractivity contribution in [3.05, 3.63) is 0 Å². The van der Waals surface area contributed by atoms with E-state index in [0.29, 0.717) is 31.8 Å². The monoisotopic (exact) mass is 291 g/mol. The second kappa shape index (κ2) is 6.49. The Balaban J connectivity index is 1.98. The number of methoxy groups -OCH3 is 1. The molecule has 0 aromatic heterocycles. The lowest BCUT2D eigenvalue weighted by Crippen LogP contribution is -2.53. The molecule has 2 rings (SSSR count). The smallest absolute Gasteiger partial charge is 0.279 e. The normalized spacial score (nSPS) is 31.0. The second-order valence-electron chi connectivity index (χ2n) is 5.36. The van der Waals surface area contributed by atoms with Crippen LogP contribution in [0.2, 0.25) is 0 Å². The number of piperidine rings is 1. The standard InChI is InChI=1S/C12H25N3O3S/c1-3-15(19(16,17)13-6-7-18-2)12-8-10-4-5-11(9-12)14-10/h10-14H,3-9H2,1-2H3. The molecule has 0 radical (unpaired) electrons. The number of hydrogen-bond acceptors (Lipinski definition) is 4. The van der Waals surface area contributed by atoms with Gasteiger partial charge in [-0.05, 0) is 25.7 Å². The lowest BCUT2D eigenvalue weighted by molar-refractivity contribution is 0.201. The van der Waals surface area contributed by atoms with Gasteiger partial charge in [-0.15, -0.1) is 0 Å². The third kappa shape index (κ3) is 3.66. The summed E-state index contributed by atoms with van der Waals surface area (Å²) in [4.78, 5) is 0. The van der Waals surface area contributed by atoms with Gasteiger partial charge in [-0.3, -0.25) is 0 Å². The van der Waals surface area contributed by atoms with E-state index in [1.165, 1.54) is 12.8 Å². The molecule has 2 unspecified atom stereocenters. The topological polar surface area (TPSA) is 70.7 Å². The van der Waals surface area contributed by atoms with Gasteiger partial charge in [-0.1, -0.05) is 6.92 Å². The van der Waals surface area contributed by atoms with Crippen molar-refractivity contribution in [1.29, 1.82) is 0 Å². The molecule has 7 heteroatoms. The van der Waals surface area contributed by atoms with Crippen molar-refractivity contribution < 1.29 is 13.2 Å². The molecule has 2 saturated heterocycles. The van der Waals surface area contributed by atoms with Crippen LogP contribution in [-0.4, -0.2) is 57.7 Å². The Hall–Kier alpha value is -0.210. The Morgan fingerprint density at radius 3 is 2.47 bits per heavy atom. The van der Waals surface area contributed by atoms with Crippen molar-refractivity contribution in [2.24, 2.45) is 0 Å². The molecule has 0 aliphatic carbocycles. The number of rotatable bonds is 7. The summed E-state index contributed by atoms with van der Waals surface area (Å²) in [7, 11) is -1.82. The van der Waals surface area contributed by atoms with Crippen molar-refractivity contribution in [2.45, 2.75) is 50.7 Å². The highest BCUT2D eigenvalue weighted by atomic mass is 32.2. The maximum atomic E-state index is 12.3. The van der Waals surface area contributed by atoms with E-state index in [-0.39, 0.29) is 6.04 Å². The summed E-state index contributed by atoms with van der Waals surface area (Å²) in [6.45, 7) is 3.15. The highest BCUT2D eigenvalue weighted by Gasteiger charge is 2.39. The maximum Gasteiger partial charge on any atom is 0.279 e. The van der Waals surface area contributed by atoms with Crippen LogP contribution < -0.4 is 10.0 Å². The summed E-state index contributed by atoms with van der Waals surface area (Å²) in [5, 5.41) is 3.54. The van der Waals surface area contributed by atoms with Crippen LogP contribution >= 0.6 is 0 Å². The van der Waals surface area contributed by atoms with Gasteiger partial charge in [0.15, 0.2) is 0 Å². The average Bonchev–Trinajstić information content (AvgIpc) is 2.69. The fourth-order valence-electron chi connectivity index (χ4n) is 3.24. The fourth-order valence-corrected chi connectivity index (χ4v) is 4.65. The SMILES string of the molecule is CCN(C1CC2CCC(C1)N2)S(=O)(=O)NCCOC. The van der Waals surface area contributed by atoms with Crippen molar-refractivity contribution in [1.82, 2.24) is 14.3 Å². The molecule has 0 spiro atoms. The highest BCUT2D eigenvalue weighted by Crippen LogP contribution is 2.30. The Morgan fingerprint density at radius 1 is 1.32 bits per heavy atom. The molecule has 2 aliphatic rings. The third-order valence-corrected chi connectivity index (χ3v) is 5.81. The molecule has 19 heavy (non-hydrogen) atoms. The van der Waals surface area contributed by atoms with Crippen molar-refractivity contribution in [2.75, 3.05) is 26.8 Å². The summed E-state index contributed by atoms with van der Waals surface area (Å²) < 4.78 is 33.7. The first kappa shape index (κ1) is 15.2. The average molecular weight is 291 g/mol. The van der Waals surface area contributed by atoms with Gasteiger partial charge < -0.3 is 10.1 Å². The van der Waals surface area contributed by atoms with Gasteiger partial charge in [-0.2, -0.15) is 17.4 Å². The van der Waals surface area contributed by atoms with Crippen molar-refractivity contribution in [3.63, 3.8) is 0 Å². The van der Waals surface area contributed by atoms with Gasteiger partial charge in [0.25, 0.3) is 10.2 Å². The van der Waals surface area contributed by atoms with Gasteiger partial charge in [0.1, 0.15) is 0 Å². The summed E-state index contributed by atoms with van der Waals surface area (Å²) in [5.74, 6) is 0. The third-order valence-electron chi connectivity index (χ3n) is 4.07. The molecule has 2 heterocycles. The Morgan fingerprint density at radius 2 is 1.95 bits per heavy atom. The lowest BCUT2D eigenvalue weighted by Gasteiger charge is -2.36. The van der Waals surface area contributed by atoms with E-state index in [9.17, 15) is 8.42 Å². The van der Waals surface area contributed by atoms with E-state index in [1.54, 1.807) is 11.4 Å². The van der Waals surface area contributed by atoms with Crippen LogP contribution in [0, 0.1) is 0 Å². The number of nitrogens with zero attached hydrogens (tertiary/aromatic N) is 1. The van der Waals surface area contributed by atoms with Crippen LogP contribution in [0.25, 0.3) is 0 Å². The zero-order valence-electron chi connectivity index (χ0n) is 11.8. The molecule has 0 aromatic carbocycles. The number of ether oxygens (including phenoxy) is 1. The van der Waals surface area contributed by atoms with Crippen molar-refractivity contribution in [3.8, 4) is 0 Å². The predicted octanol–water partition coefficient (Wildman–Crippen LogP) is 0.0721. The Bertz CT molecular complexity index is 376. The van der Waals surface area contributed by atoms with Crippen LogP contribution in [-0.2, 0) is 14.9 Å². The Kier molecular flexibility index (Phi) is 5.19. The molecule has 6 nitrogen and oxygen atoms in total. The molecule has 112 valence electrons. The Labute approximate surface area is 116 Å². The number of hydrogen-bond donors (Lipinski definition) is 2. The van der Waals surface area contributed by atoms with E-state index >= 15 is 0 Å². The molecule has 0 saturated carbocycles. The number of fused-ring (bicyclic) bond motifs is 2. The van der Waals surface area contributed by atoms with E-state index in [4.69, 9.17) is 4.74 Å². The maximum absolute atomic E-state index is 12.3. The van der Waals surface area contributed by atoms with Gasteiger partial charge >= 0.3 is 0 Å². The lowest BCUT2D eigenvalue weighted by atomic mass is 10.00. The van der Waals surface area contributed by atoms with E-state index in [0.717, 1.165) is 12.8 Å². The molecular weight excluding hydrogens is 266 g/mol. The fraction of sp³-hybridized carbons (Fsp3) is 1.00. The van der Waals surface area contributed by atoms with Gasteiger partial charge in [0, 0.05) is 38.3 Å². The molecule has 0 amide bonds. The van der Waals surface area contributed by atoms with E-state index < -0.39 is 10.2 Å². The zero-order valence-corrected chi connectivity index (χ0v) is 12.6. The summed E-state index contributed by atoms with van der Waals surface area (Å²) in [6, 6.07) is 1.11. The van der Waals surface area contributed by atoms with Crippen LogP contribution in [0.5, 0.6) is 0 Å². The molecule has 2 N–H and O–H groups in total. The number of nitrogens with one attached hydrogen (secondary N) is 2. The van der Waals surface area contributed by atoms with Gasteiger partial charge in [0.05, 0.1) is 6.61 Å². The molecule has 0 aromatic rings. The van der Waals surface area contributed by atoms with Crippen molar-refractivity contribution >= 4 is 10.2 Å². The van der Waals surface area contributed by atoms with E-state index in [1.807, 2.05) is 6.92 Å². The quantitative estimate of drug-likeness (QED) is 0.651. The van der Waals surface area contributed by atoms with Gasteiger partial charge in [-0.25, -0.2) is 0 Å². The zero-order chi connectivity index (χ0) is 13.9. The first-order valence-electron chi connectivity index (χ1n) is 7.08. The van der Waals surface area contributed by atoms with Crippen LogP contribution in [0.15, 0.2) is 0 Å². The predicted molar refractivity (Wildman–Crippen MR) is 74.1 cm³/mol. The molecule has 2 fully saturated rings. The molecule has 2 atom stereocenters. The summed E-state index contributed by atoms with van der Waals surface area (Å²) in [6.07, 6.45) is 4.21. The largest absolute Gasteiger partial charge is 0.383 e. The highest BCUT2D eigenvalue weighted by molar-refractivity contribution is 7.87. The van der Waals surface area contributed by atoms with E-state index in [2.05, 4.69) is 10.0 Å². The molecular formula is C12H25N3O3S. The first-order valence-corrected chi connectivity index (χ1v) is 8.52. The van der Waals surface area contributed by atoms with Crippen LogP contribution in [0.3, 0.4) is 0 Å². The summed E-state index contributed by atoms with van der Waals surface area (Å²) in [5.41, 5.74) is 0. The minimum atomic E-state index is -3.39. The first-order chi connectivity index (χ1) is 9.06. The molecule has 2 aliphatic heterocycles. The van der Waals surface area contributed by atoms with Crippen LogP contribution in [0.4, 0.5) is 0 Å². The van der Waals surface area contributed by atoms with Crippen LogP contribution in [0.1, 0.15) is 32.6 Å². The molecule has 2 bridgehead atoms. The summed E-state index contributed by atoms with van der Waals surface area (Å²) >= 11 is 0. The van der Waals surface area contributed by atoms with Gasteiger partial charge in [0.2, 0.25) is 0 Å². The minimum Gasteiger partial charge on any atom is -0.383 e.